The maximum atomic E-state index is 11.4. The number of nitrogens with one attached hydrogen (secondary N) is 1. The van der Waals surface area contributed by atoms with Crippen LogP contribution in [0.3, 0.4) is 0 Å². The number of ether oxygens (including phenoxy) is 1. The van der Waals surface area contributed by atoms with Gasteiger partial charge in [0.15, 0.2) is 0 Å². The van der Waals surface area contributed by atoms with Crippen LogP contribution in [0.4, 0.5) is 5.69 Å². The predicted octanol–water partition coefficient (Wildman–Crippen LogP) is 5.03. The number of hydrogen-bond acceptors (Lipinski definition) is 2. The van der Waals surface area contributed by atoms with Gasteiger partial charge in [0.2, 0.25) is 5.91 Å². The van der Waals surface area contributed by atoms with Gasteiger partial charge in [0.1, 0.15) is 11.5 Å². The van der Waals surface area contributed by atoms with E-state index in [1.807, 2.05) is 54.6 Å². The van der Waals surface area contributed by atoms with Crippen LogP contribution in [0.25, 0.3) is 11.1 Å². The Hall–Kier alpha value is -3.07. The predicted molar refractivity (Wildman–Crippen MR) is 95.3 cm³/mol. The van der Waals surface area contributed by atoms with Crippen LogP contribution >= 0.6 is 0 Å². The van der Waals surface area contributed by atoms with Crippen molar-refractivity contribution in [3.8, 4) is 22.6 Å². The maximum Gasteiger partial charge on any atom is 0.224 e. The Bertz CT molecular complexity index is 870. The second kappa shape index (κ2) is 6.20. The number of carbonyl (C=O) groups excluding carboxylic acids is 1. The van der Waals surface area contributed by atoms with Crippen LogP contribution in [-0.2, 0) is 11.2 Å². The van der Waals surface area contributed by atoms with Crippen LogP contribution in [0.5, 0.6) is 11.5 Å². The van der Waals surface area contributed by atoms with Gasteiger partial charge in [-0.05, 0) is 59.5 Å². The number of carbonyl (C=O) groups is 1. The second-order valence-corrected chi connectivity index (χ2v) is 5.86. The summed E-state index contributed by atoms with van der Waals surface area (Å²) < 4.78 is 5.82. The monoisotopic (exact) mass is 315 g/mol. The van der Waals surface area contributed by atoms with Crippen LogP contribution in [-0.4, -0.2) is 5.91 Å². The minimum absolute atomic E-state index is 0.0951. The molecule has 118 valence electrons. The number of rotatable bonds is 3. The molecule has 0 fully saturated rings. The number of hydrogen-bond donors (Lipinski definition) is 1. The molecule has 3 heteroatoms. The lowest BCUT2D eigenvalue weighted by Crippen LogP contribution is -2.18. The highest BCUT2D eigenvalue weighted by Crippen LogP contribution is 2.30. The lowest BCUT2D eigenvalue weighted by Gasteiger charge is -2.17. The van der Waals surface area contributed by atoms with Crippen molar-refractivity contribution in [1.82, 2.24) is 0 Å². The van der Waals surface area contributed by atoms with E-state index < -0.39 is 0 Å². The molecule has 1 aliphatic heterocycles. The topological polar surface area (TPSA) is 38.3 Å². The lowest BCUT2D eigenvalue weighted by atomic mass is 9.97. The quantitative estimate of drug-likeness (QED) is 0.736. The van der Waals surface area contributed by atoms with Gasteiger partial charge in [0.25, 0.3) is 0 Å². The SMILES string of the molecule is O=C1CCc2cc(-c3ccc(Oc4ccccc4)cc3)ccc2N1. The molecule has 0 aliphatic carbocycles. The molecule has 3 aromatic rings. The lowest BCUT2D eigenvalue weighted by molar-refractivity contribution is -0.116. The summed E-state index contributed by atoms with van der Waals surface area (Å²) in [7, 11) is 0. The molecule has 1 N–H and O–H groups in total. The second-order valence-electron chi connectivity index (χ2n) is 5.86. The largest absolute Gasteiger partial charge is 0.457 e. The summed E-state index contributed by atoms with van der Waals surface area (Å²) in [6.07, 6.45) is 1.35. The first kappa shape index (κ1) is 14.5. The number of fused-ring (bicyclic) bond motifs is 1. The van der Waals surface area contributed by atoms with Crippen LogP contribution in [0.2, 0.25) is 0 Å². The van der Waals surface area contributed by atoms with Gasteiger partial charge in [-0.3, -0.25) is 4.79 Å². The molecular weight excluding hydrogens is 298 g/mol. The van der Waals surface area contributed by atoms with E-state index >= 15 is 0 Å². The first-order chi connectivity index (χ1) is 11.8. The molecule has 0 aromatic heterocycles. The highest BCUT2D eigenvalue weighted by molar-refractivity contribution is 5.94. The molecule has 4 rings (SSSR count). The van der Waals surface area contributed by atoms with Crippen LogP contribution in [0.15, 0.2) is 72.8 Å². The van der Waals surface area contributed by atoms with Crippen molar-refractivity contribution in [2.75, 3.05) is 5.32 Å². The molecule has 0 saturated carbocycles. The summed E-state index contributed by atoms with van der Waals surface area (Å²) in [5.41, 5.74) is 4.40. The normalized spacial score (nSPS) is 13.1. The van der Waals surface area contributed by atoms with Crippen molar-refractivity contribution >= 4 is 11.6 Å². The van der Waals surface area contributed by atoms with Gasteiger partial charge >= 0.3 is 0 Å². The fourth-order valence-electron chi connectivity index (χ4n) is 2.90. The molecule has 1 heterocycles. The molecule has 24 heavy (non-hydrogen) atoms. The van der Waals surface area contributed by atoms with Crippen LogP contribution in [0.1, 0.15) is 12.0 Å². The minimum Gasteiger partial charge on any atom is -0.457 e. The third-order valence-corrected chi connectivity index (χ3v) is 4.17. The first-order valence-electron chi connectivity index (χ1n) is 8.04. The van der Waals surface area contributed by atoms with Crippen molar-refractivity contribution < 1.29 is 9.53 Å². The molecule has 0 bridgehead atoms. The van der Waals surface area contributed by atoms with E-state index in [-0.39, 0.29) is 5.91 Å². The molecule has 1 amide bonds. The van der Waals surface area contributed by atoms with E-state index in [9.17, 15) is 4.79 Å². The third-order valence-electron chi connectivity index (χ3n) is 4.17. The molecule has 0 unspecified atom stereocenters. The Morgan fingerprint density at radius 1 is 0.750 bits per heavy atom. The molecule has 1 aliphatic rings. The Morgan fingerprint density at radius 2 is 1.46 bits per heavy atom. The molecule has 0 atom stereocenters. The van der Waals surface area contributed by atoms with Crippen LogP contribution < -0.4 is 10.1 Å². The number of anilines is 1. The average molecular weight is 315 g/mol. The molecular formula is C21H17NO2. The van der Waals surface area contributed by atoms with Crippen molar-refractivity contribution in [2.45, 2.75) is 12.8 Å². The van der Waals surface area contributed by atoms with Gasteiger partial charge in [0, 0.05) is 12.1 Å². The fourth-order valence-corrected chi connectivity index (χ4v) is 2.90. The first-order valence-corrected chi connectivity index (χ1v) is 8.04. The standard InChI is InChI=1S/C21H17NO2/c23-21-13-9-17-14-16(8-12-20(17)22-21)15-6-10-19(11-7-15)24-18-4-2-1-3-5-18/h1-8,10-12,14H,9,13H2,(H,22,23). The van der Waals surface area contributed by atoms with Gasteiger partial charge in [-0.2, -0.15) is 0 Å². The van der Waals surface area contributed by atoms with Crippen molar-refractivity contribution in [3.05, 3.63) is 78.4 Å². The number of amides is 1. The Morgan fingerprint density at radius 3 is 2.25 bits per heavy atom. The van der Waals surface area contributed by atoms with Crippen LogP contribution in [0, 0.1) is 0 Å². The minimum atomic E-state index is 0.0951. The number of benzene rings is 3. The van der Waals surface area contributed by atoms with Gasteiger partial charge in [-0.25, -0.2) is 0 Å². The van der Waals surface area contributed by atoms with Gasteiger partial charge in [-0.15, -0.1) is 0 Å². The summed E-state index contributed by atoms with van der Waals surface area (Å²) in [4.78, 5) is 11.4. The summed E-state index contributed by atoms with van der Waals surface area (Å²) >= 11 is 0. The Kier molecular flexibility index (Phi) is 3.75. The molecule has 3 aromatic carbocycles. The number of para-hydroxylation sites is 1. The highest BCUT2D eigenvalue weighted by atomic mass is 16.5. The zero-order valence-corrected chi connectivity index (χ0v) is 13.2. The summed E-state index contributed by atoms with van der Waals surface area (Å²) in [6.45, 7) is 0. The Labute approximate surface area is 140 Å². The molecule has 0 radical (unpaired) electrons. The smallest absolute Gasteiger partial charge is 0.224 e. The van der Waals surface area contributed by atoms with E-state index in [0.29, 0.717) is 6.42 Å². The van der Waals surface area contributed by atoms with E-state index in [1.54, 1.807) is 0 Å². The fraction of sp³-hybridized carbons (Fsp3) is 0.0952. The van der Waals surface area contributed by atoms with Gasteiger partial charge in [-0.1, -0.05) is 36.4 Å². The zero-order valence-electron chi connectivity index (χ0n) is 13.2. The Balaban J connectivity index is 1.56. The molecule has 0 spiro atoms. The van der Waals surface area contributed by atoms with E-state index in [2.05, 4.69) is 23.5 Å². The highest BCUT2D eigenvalue weighted by Gasteiger charge is 2.15. The van der Waals surface area contributed by atoms with Crippen molar-refractivity contribution in [2.24, 2.45) is 0 Å². The summed E-state index contributed by atoms with van der Waals surface area (Å²) in [6, 6.07) is 24.0. The maximum absolute atomic E-state index is 11.4. The zero-order chi connectivity index (χ0) is 16.4. The number of aryl methyl sites for hydroxylation is 1. The average Bonchev–Trinajstić information content (AvgIpc) is 2.63. The molecule has 3 nitrogen and oxygen atoms in total. The van der Waals surface area contributed by atoms with E-state index in [4.69, 9.17) is 4.74 Å². The third kappa shape index (κ3) is 3.01. The molecule has 0 saturated heterocycles. The van der Waals surface area contributed by atoms with Gasteiger partial charge in [0.05, 0.1) is 0 Å². The summed E-state index contributed by atoms with van der Waals surface area (Å²) in [5.74, 6) is 1.74. The van der Waals surface area contributed by atoms with E-state index in [0.717, 1.165) is 34.7 Å². The van der Waals surface area contributed by atoms with E-state index in [1.165, 1.54) is 5.56 Å². The van der Waals surface area contributed by atoms with Crippen molar-refractivity contribution in [1.29, 1.82) is 0 Å². The van der Waals surface area contributed by atoms with Gasteiger partial charge < -0.3 is 10.1 Å². The van der Waals surface area contributed by atoms with Crippen molar-refractivity contribution in [3.63, 3.8) is 0 Å². The summed E-state index contributed by atoms with van der Waals surface area (Å²) in [5, 5.41) is 2.92.